The molecule has 2 heterocycles. The fourth-order valence-electron chi connectivity index (χ4n) is 4.98. The van der Waals surface area contributed by atoms with E-state index in [9.17, 15) is 4.79 Å². The largest absolute Gasteiger partial charge is 0.273 e. The van der Waals surface area contributed by atoms with Crippen LogP contribution in [0.5, 0.6) is 0 Å². The van der Waals surface area contributed by atoms with Crippen molar-refractivity contribution in [3.05, 3.63) is 84.4 Å². The number of carbonyl (C=O) groups is 1. The summed E-state index contributed by atoms with van der Waals surface area (Å²) in [6.45, 7) is 6.86. The summed E-state index contributed by atoms with van der Waals surface area (Å²) in [6, 6.07) is 27.8. The molecule has 1 atom stereocenters. The number of hydrogen-bond donors (Lipinski definition) is 0. The Morgan fingerprint density at radius 1 is 0.897 bits per heavy atom. The lowest BCUT2D eigenvalue weighted by Crippen LogP contribution is -2.51. The Morgan fingerprint density at radius 2 is 1.55 bits per heavy atom. The zero-order chi connectivity index (χ0) is 20.2. The Morgan fingerprint density at radius 3 is 2.34 bits per heavy atom. The van der Waals surface area contributed by atoms with E-state index in [4.69, 9.17) is 4.98 Å². The van der Waals surface area contributed by atoms with Crippen molar-refractivity contribution in [1.82, 2.24) is 9.55 Å². The lowest BCUT2D eigenvalue weighted by molar-refractivity contribution is 0.0822. The smallest absolute Gasteiger partial charge is 0.242 e. The maximum atomic E-state index is 14.0. The highest BCUT2D eigenvalue weighted by Gasteiger charge is 2.47. The van der Waals surface area contributed by atoms with Crippen LogP contribution >= 0.6 is 0 Å². The van der Waals surface area contributed by atoms with Gasteiger partial charge in [-0.15, -0.1) is 0 Å². The number of para-hydroxylation sites is 2. The van der Waals surface area contributed by atoms with E-state index in [2.05, 4.69) is 62.5 Å². The number of aromatic nitrogens is 2. The fraction of sp³-hybridized carbons (Fsp3) is 0.200. The molecule has 0 fully saturated rings. The van der Waals surface area contributed by atoms with Gasteiger partial charge in [-0.25, -0.2) is 4.98 Å². The van der Waals surface area contributed by atoms with Gasteiger partial charge in [0.15, 0.2) is 0 Å². The van der Waals surface area contributed by atoms with Gasteiger partial charge in [0, 0.05) is 5.56 Å². The van der Waals surface area contributed by atoms with Crippen LogP contribution < -0.4 is 5.19 Å². The molecule has 3 nitrogen and oxygen atoms in total. The third-order valence-electron chi connectivity index (χ3n) is 6.35. The maximum absolute atomic E-state index is 14.0. The van der Waals surface area contributed by atoms with Gasteiger partial charge in [0.25, 0.3) is 0 Å². The van der Waals surface area contributed by atoms with Crippen molar-refractivity contribution < 1.29 is 4.79 Å². The summed E-state index contributed by atoms with van der Waals surface area (Å²) >= 11 is 0. The Balaban J connectivity index is 1.73. The number of benzene rings is 3. The summed E-state index contributed by atoms with van der Waals surface area (Å²) in [5.74, 6) is 0.903. The molecule has 0 bridgehead atoms. The van der Waals surface area contributed by atoms with E-state index in [1.807, 2.05) is 41.0 Å². The van der Waals surface area contributed by atoms with Gasteiger partial charge in [0.1, 0.15) is 5.82 Å². The van der Waals surface area contributed by atoms with E-state index in [-0.39, 0.29) is 5.91 Å². The number of hydrogen-bond acceptors (Lipinski definition) is 2. The van der Waals surface area contributed by atoms with Crippen LogP contribution in [0.1, 0.15) is 17.3 Å². The molecular formula is C25H24N2OSi. The van der Waals surface area contributed by atoms with Crippen LogP contribution in [-0.2, 0) is 5.41 Å². The van der Waals surface area contributed by atoms with Crippen molar-refractivity contribution in [2.45, 2.75) is 31.5 Å². The molecule has 1 aromatic heterocycles. The van der Waals surface area contributed by atoms with Crippen molar-refractivity contribution >= 4 is 30.2 Å². The maximum Gasteiger partial charge on any atom is 0.242 e. The molecule has 0 N–H and O–H groups in total. The highest BCUT2D eigenvalue weighted by Crippen LogP contribution is 2.45. The molecule has 0 radical (unpaired) electrons. The van der Waals surface area contributed by atoms with Crippen LogP contribution in [0, 0.1) is 0 Å². The number of rotatable bonds is 3. The molecule has 0 saturated heterocycles. The Hall–Kier alpha value is -2.98. The SMILES string of the molecule is CC1(C[Si](C)(C)c2ccccc2)C(=O)n2c(nc3ccccc32)-c2ccccc21. The highest BCUT2D eigenvalue weighted by atomic mass is 28.3. The Bertz CT molecular complexity index is 1240. The van der Waals surface area contributed by atoms with Crippen molar-refractivity contribution in [2.75, 3.05) is 0 Å². The molecule has 5 rings (SSSR count). The van der Waals surface area contributed by atoms with Gasteiger partial charge in [-0.1, -0.05) is 85.0 Å². The minimum absolute atomic E-state index is 0.136. The number of nitrogens with zero attached hydrogens (tertiary/aromatic N) is 2. The normalized spacial score (nSPS) is 18.5. The molecule has 1 aliphatic rings. The van der Waals surface area contributed by atoms with Crippen LogP contribution in [0.2, 0.25) is 19.1 Å². The molecule has 144 valence electrons. The van der Waals surface area contributed by atoms with Crippen LogP contribution in [0.25, 0.3) is 22.4 Å². The fourth-order valence-corrected chi connectivity index (χ4v) is 8.39. The van der Waals surface area contributed by atoms with Crippen molar-refractivity contribution in [3.8, 4) is 11.4 Å². The van der Waals surface area contributed by atoms with E-state index in [0.29, 0.717) is 0 Å². The number of imidazole rings is 1. The van der Waals surface area contributed by atoms with E-state index < -0.39 is 13.5 Å². The van der Waals surface area contributed by atoms with Gasteiger partial charge >= 0.3 is 0 Å². The molecule has 3 aromatic carbocycles. The monoisotopic (exact) mass is 396 g/mol. The standard InChI is InChI=1S/C25H24N2OSi/c1-25(17-29(2,3)18-11-5-4-6-12-18)20-14-8-7-13-19(20)23-26-21-15-9-10-16-22(21)27(23)24(25)28/h4-16H,17H2,1-3H3. The number of carbonyl (C=O) groups excluding carboxylic acids is 1. The van der Waals surface area contributed by atoms with Crippen molar-refractivity contribution in [2.24, 2.45) is 0 Å². The molecule has 4 aromatic rings. The predicted molar refractivity (Wildman–Crippen MR) is 122 cm³/mol. The molecule has 0 aliphatic carbocycles. The Kier molecular flexibility index (Phi) is 3.90. The minimum atomic E-state index is -1.87. The summed E-state index contributed by atoms with van der Waals surface area (Å²) in [5.41, 5.74) is 3.35. The van der Waals surface area contributed by atoms with E-state index in [1.54, 1.807) is 0 Å². The summed E-state index contributed by atoms with van der Waals surface area (Å²) in [6.07, 6.45) is 0. The highest BCUT2D eigenvalue weighted by molar-refractivity contribution is 6.90. The number of fused-ring (bicyclic) bond motifs is 5. The van der Waals surface area contributed by atoms with Gasteiger partial charge in [0.05, 0.1) is 24.5 Å². The van der Waals surface area contributed by atoms with Crippen LogP contribution in [0.15, 0.2) is 78.9 Å². The molecule has 0 spiro atoms. The molecule has 0 saturated carbocycles. The van der Waals surface area contributed by atoms with Crippen LogP contribution in [0.3, 0.4) is 0 Å². The average Bonchev–Trinajstić information content (AvgIpc) is 3.12. The molecule has 4 heteroatoms. The van der Waals surface area contributed by atoms with E-state index in [0.717, 1.165) is 34.0 Å². The molecular weight excluding hydrogens is 372 g/mol. The second kappa shape index (κ2) is 6.26. The van der Waals surface area contributed by atoms with E-state index >= 15 is 0 Å². The second-order valence-corrected chi connectivity index (χ2v) is 13.6. The van der Waals surface area contributed by atoms with Gasteiger partial charge in [0.2, 0.25) is 5.91 Å². The molecule has 0 amide bonds. The first-order valence-corrected chi connectivity index (χ1v) is 13.3. The van der Waals surface area contributed by atoms with Gasteiger partial charge in [-0.2, -0.15) is 0 Å². The van der Waals surface area contributed by atoms with E-state index in [1.165, 1.54) is 5.19 Å². The first-order chi connectivity index (χ1) is 13.9. The third-order valence-corrected chi connectivity index (χ3v) is 9.84. The zero-order valence-corrected chi connectivity index (χ0v) is 18.0. The predicted octanol–water partition coefficient (Wildman–Crippen LogP) is 5.23. The summed E-state index contributed by atoms with van der Waals surface area (Å²) in [7, 11) is -1.87. The first kappa shape index (κ1) is 18.1. The van der Waals surface area contributed by atoms with Crippen molar-refractivity contribution in [1.29, 1.82) is 0 Å². The summed E-state index contributed by atoms with van der Waals surface area (Å²) in [5, 5.41) is 1.38. The summed E-state index contributed by atoms with van der Waals surface area (Å²) in [4.78, 5) is 18.8. The van der Waals surface area contributed by atoms with Gasteiger partial charge in [-0.3, -0.25) is 9.36 Å². The lowest BCUT2D eigenvalue weighted by Gasteiger charge is -2.39. The molecule has 1 aliphatic heterocycles. The molecule has 1 unspecified atom stereocenters. The zero-order valence-electron chi connectivity index (χ0n) is 17.0. The topological polar surface area (TPSA) is 34.9 Å². The quantitative estimate of drug-likeness (QED) is 0.444. The van der Waals surface area contributed by atoms with Crippen LogP contribution in [-0.4, -0.2) is 23.5 Å². The second-order valence-electron chi connectivity index (χ2n) is 8.87. The molecule has 29 heavy (non-hydrogen) atoms. The first-order valence-electron chi connectivity index (χ1n) is 10.1. The van der Waals surface area contributed by atoms with Crippen molar-refractivity contribution in [3.63, 3.8) is 0 Å². The lowest BCUT2D eigenvalue weighted by atomic mass is 9.78. The third kappa shape index (κ3) is 2.63. The van der Waals surface area contributed by atoms with Gasteiger partial charge < -0.3 is 0 Å². The summed E-state index contributed by atoms with van der Waals surface area (Å²) < 4.78 is 1.85. The average molecular weight is 397 g/mol. The Labute approximate surface area is 172 Å². The minimum Gasteiger partial charge on any atom is -0.273 e. The van der Waals surface area contributed by atoms with Gasteiger partial charge in [-0.05, 0) is 30.7 Å². The van der Waals surface area contributed by atoms with Crippen LogP contribution in [0.4, 0.5) is 0 Å².